The summed E-state index contributed by atoms with van der Waals surface area (Å²) >= 11 is 0. The lowest BCUT2D eigenvalue weighted by atomic mass is 10.2. The van der Waals surface area contributed by atoms with Crippen LogP contribution in [-0.4, -0.2) is 68.6 Å². The number of carboxylic acid groups (broad SMARTS) is 1. The van der Waals surface area contributed by atoms with E-state index in [0.717, 1.165) is 0 Å². The summed E-state index contributed by atoms with van der Waals surface area (Å²) in [5.74, 6) is -1.47. The molecule has 0 aliphatic rings. The Hall–Kier alpha value is -1.34. The van der Waals surface area contributed by atoms with E-state index in [4.69, 9.17) is 14.6 Å². The zero-order valence-corrected chi connectivity index (χ0v) is 12.6. The van der Waals surface area contributed by atoms with Crippen molar-refractivity contribution in [2.45, 2.75) is 20.3 Å². The number of carboxylic acids is 1. The summed E-state index contributed by atoms with van der Waals surface area (Å²) in [5.41, 5.74) is 0. The molecule has 0 aromatic heterocycles. The van der Waals surface area contributed by atoms with Gasteiger partial charge in [0.15, 0.2) is 0 Å². The van der Waals surface area contributed by atoms with Crippen LogP contribution in [0.3, 0.4) is 0 Å². The first-order chi connectivity index (χ1) is 9.52. The van der Waals surface area contributed by atoms with Crippen LogP contribution in [0.25, 0.3) is 0 Å². The van der Waals surface area contributed by atoms with Gasteiger partial charge in [-0.25, -0.2) is 4.79 Å². The molecule has 0 rings (SSSR count). The van der Waals surface area contributed by atoms with Gasteiger partial charge in [0.05, 0.1) is 19.1 Å². The smallest absolute Gasteiger partial charge is 0.317 e. The zero-order valence-electron chi connectivity index (χ0n) is 12.6. The van der Waals surface area contributed by atoms with Crippen LogP contribution in [0, 0.1) is 5.92 Å². The van der Waals surface area contributed by atoms with Gasteiger partial charge >= 0.3 is 12.0 Å². The van der Waals surface area contributed by atoms with E-state index in [1.54, 1.807) is 14.0 Å². The largest absolute Gasteiger partial charge is 0.481 e. The van der Waals surface area contributed by atoms with Gasteiger partial charge in [-0.2, -0.15) is 0 Å². The molecule has 0 saturated heterocycles. The van der Waals surface area contributed by atoms with E-state index in [2.05, 4.69) is 5.32 Å². The number of hydrogen-bond acceptors (Lipinski definition) is 4. The Morgan fingerprint density at radius 1 is 1.30 bits per heavy atom. The maximum atomic E-state index is 11.8. The summed E-state index contributed by atoms with van der Waals surface area (Å²) in [7, 11) is 1.61. The summed E-state index contributed by atoms with van der Waals surface area (Å²) < 4.78 is 10.1. The number of amides is 2. The Bertz CT molecular complexity index is 286. The molecule has 0 radical (unpaired) electrons. The Labute approximate surface area is 120 Å². The highest BCUT2D eigenvalue weighted by atomic mass is 16.5. The van der Waals surface area contributed by atoms with Crippen molar-refractivity contribution in [2.75, 3.05) is 46.6 Å². The minimum Gasteiger partial charge on any atom is -0.481 e. The van der Waals surface area contributed by atoms with Crippen molar-refractivity contribution in [1.29, 1.82) is 0 Å². The minimum absolute atomic E-state index is 0.210. The Morgan fingerprint density at radius 3 is 2.55 bits per heavy atom. The average Bonchev–Trinajstić information content (AvgIpc) is 2.43. The fourth-order valence-electron chi connectivity index (χ4n) is 1.49. The molecule has 7 nitrogen and oxygen atoms in total. The standard InChI is InChI=1S/C13H26N2O5/c1-4-15(10-11(2)12(16)17)13(18)14-6-5-7-20-9-8-19-3/h11H,4-10H2,1-3H3,(H,14,18)(H,16,17). The Balaban J connectivity index is 3.79. The summed E-state index contributed by atoms with van der Waals surface area (Å²) in [4.78, 5) is 24.1. The molecule has 0 aliphatic heterocycles. The van der Waals surface area contributed by atoms with Crippen LogP contribution in [0.15, 0.2) is 0 Å². The second-order valence-corrected chi connectivity index (χ2v) is 4.47. The lowest BCUT2D eigenvalue weighted by molar-refractivity contribution is -0.141. The number of aliphatic carboxylic acids is 1. The van der Waals surface area contributed by atoms with E-state index in [1.807, 2.05) is 6.92 Å². The molecule has 0 aliphatic carbocycles. The molecule has 0 bridgehead atoms. The van der Waals surface area contributed by atoms with Crippen LogP contribution >= 0.6 is 0 Å². The molecule has 118 valence electrons. The Morgan fingerprint density at radius 2 is 2.00 bits per heavy atom. The van der Waals surface area contributed by atoms with Crippen molar-refractivity contribution >= 4 is 12.0 Å². The van der Waals surface area contributed by atoms with Gasteiger partial charge in [-0.05, 0) is 13.3 Å². The molecule has 0 heterocycles. The highest BCUT2D eigenvalue weighted by molar-refractivity contribution is 5.75. The minimum atomic E-state index is -0.900. The molecule has 0 saturated carbocycles. The number of rotatable bonds is 11. The lowest BCUT2D eigenvalue weighted by Crippen LogP contribution is -2.43. The number of methoxy groups -OCH3 is 1. The van der Waals surface area contributed by atoms with Crippen molar-refractivity contribution in [3.05, 3.63) is 0 Å². The van der Waals surface area contributed by atoms with Crippen LogP contribution in [0.1, 0.15) is 20.3 Å². The number of carbonyl (C=O) groups excluding carboxylic acids is 1. The van der Waals surface area contributed by atoms with Gasteiger partial charge in [0, 0.05) is 33.4 Å². The van der Waals surface area contributed by atoms with E-state index in [1.165, 1.54) is 4.90 Å². The third kappa shape index (κ3) is 8.71. The molecule has 2 N–H and O–H groups in total. The van der Waals surface area contributed by atoms with Gasteiger partial charge in [-0.15, -0.1) is 0 Å². The predicted molar refractivity (Wildman–Crippen MR) is 74.8 cm³/mol. The van der Waals surface area contributed by atoms with Gasteiger partial charge in [-0.3, -0.25) is 4.79 Å². The van der Waals surface area contributed by atoms with Crippen LogP contribution in [0.4, 0.5) is 4.79 Å². The summed E-state index contributed by atoms with van der Waals surface area (Å²) in [5, 5.41) is 11.6. The summed E-state index contributed by atoms with van der Waals surface area (Å²) in [6.07, 6.45) is 0.710. The Kier molecular flexibility index (Phi) is 10.7. The highest BCUT2D eigenvalue weighted by Crippen LogP contribution is 2.00. The third-order valence-corrected chi connectivity index (χ3v) is 2.76. The summed E-state index contributed by atoms with van der Waals surface area (Å²) in [6.45, 7) is 6.26. The second-order valence-electron chi connectivity index (χ2n) is 4.47. The lowest BCUT2D eigenvalue weighted by Gasteiger charge is -2.23. The van der Waals surface area contributed by atoms with Gasteiger partial charge in [0.25, 0.3) is 0 Å². The maximum absolute atomic E-state index is 11.8. The molecule has 20 heavy (non-hydrogen) atoms. The molecule has 0 aromatic carbocycles. The maximum Gasteiger partial charge on any atom is 0.317 e. The average molecular weight is 290 g/mol. The molecular weight excluding hydrogens is 264 g/mol. The van der Waals surface area contributed by atoms with Crippen LogP contribution in [0.5, 0.6) is 0 Å². The highest BCUT2D eigenvalue weighted by Gasteiger charge is 2.18. The second kappa shape index (κ2) is 11.5. The molecule has 0 spiro atoms. The van der Waals surface area contributed by atoms with Crippen molar-refractivity contribution < 1.29 is 24.2 Å². The molecule has 0 fully saturated rings. The number of ether oxygens (including phenoxy) is 2. The van der Waals surface area contributed by atoms with E-state index in [0.29, 0.717) is 39.3 Å². The van der Waals surface area contributed by atoms with Crippen molar-refractivity contribution in [2.24, 2.45) is 5.92 Å². The first-order valence-electron chi connectivity index (χ1n) is 6.85. The van der Waals surface area contributed by atoms with Gasteiger partial charge in [-0.1, -0.05) is 6.92 Å². The van der Waals surface area contributed by atoms with Crippen molar-refractivity contribution in [1.82, 2.24) is 10.2 Å². The monoisotopic (exact) mass is 290 g/mol. The number of nitrogens with one attached hydrogen (secondary N) is 1. The van der Waals surface area contributed by atoms with Crippen molar-refractivity contribution in [3.63, 3.8) is 0 Å². The number of hydrogen-bond donors (Lipinski definition) is 2. The number of urea groups is 1. The van der Waals surface area contributed by atoms with Gasteiger partial charge < -0.3 is 24.8 Å². The molecule has 1 atom stereocenters. The fraction of sp³-hybridized carbons (Fsp3) is 0.846. The summed E-state index contributed by atoms with van der Waals surface area (Å²) in [6, 6.07) is -0.238. The molecule has 0 aromatic rings. The predicted octanol–water partition coefficient (Wildman–Crippen LogP) is 0.792. The molecular formula is C13H26N2O5. The third-order valence-electron chi connectivity index (χ3n) is 2.76. The van der Waals surface area contributed by atoms with E-state index in [9.17, 15) is 9.59 Å². The molecule has 2 amide bonds. The van der Waals surface area contributed by atoms with Crippen LogP contribution < -0.4 is 5.32 Å². The van der Waals surface area contributed by atoms with E-state index in [-0.39, 0.29) is 12.6 Å². The number of carbonyl (C=O) groups is 2. The zero-order chi connectivity index (χ0) is 15.4. The van der Waals surface area contributed by atoms with E-state index < -0.39 is 11.9 Å². The van der Waals surface area contributed by atoms with Crippen LogP contribution in [0.2, 0.25) is 0 Å². The van der Waals surface area contributed by atoms with Crippen LogP contribution in [-0.2, 0) is 14.3 Å². The van der Waals surface area contributed by atoms with Gasteiger partial charge in [0.2, 0.25) is 0 Å². The van der Waals surface area contributed by atoms with Crippen molar-refractivity contribution in [3.8, 4) is 0 Å². The quantitative estimate of drug-likeness (QED) is 0.549. The SMILES string of the molecule is CCN(CC(C)C(=O)O)C(=O)NCCCOCCOC. The molecule has 7 heteroatoms. The van der Waals surface area contributed by atoms with Gasteiger partial charge in [0.1, 0.15) is 0 Å². The topological polar surface area (TPSA) is 88.1 Å². The first kappa shape index (κ1) is 18.7. The van der Waals surface area contributed by atoms with E-state index >= 15 is 0 Å². The fourth-order valence-corrected chi connectivity index (χ4v) is 1.49. The normalized spacial score (nSPS) is 11.9. The number of nitrogens with zero attached hydrogens (tertiary/aromatic N) is 1. The molecule has 1 unspecified atom stereocenters. The first-order valence-corrected chi connectivity index (χ1v) is 6.85.